The van der Waals surface area contributed by atoms with Gasteiger partial charge >= 0.3 is 11.9 Å². The summed E-state index contributed by atoms with van der Waals surface area (Å²) >= 11 is 0. The van der Waals surface area contributed by atoms with E-state index in [9.17, 15) is 38.7 Å². The van der Waals surface area contributed by atoms with Crippen molar-refractivity contribution in [2.75, 3.05) is 58.5 Å². The third kappa shape index (κ3) is 16.2. The fourth-order valence-electron chi connectivity index (χ4n) is 5.25. The first-order valence-electron chi connectivity index (χ1n) is 18.0. The van der Waals surface area contributed by atoms with Crippen LogP contribution in [0.3, 0.4) is 0 Å². The molecule has 0 spiro atoms. The summed E-state index contributed by atoms with van der Waals surface area (Å²) in [6.45, 7) is 4.59. The smallest absolute Gasteiger partial charge is 0.326 e. The number of carbonyl (C=O) groups is 6. The van der Waals surface area contributed by atoms with Crippen LogP contribution in [0.5, 0.6) is 0 Å². The lowest BCUT2D eigenvalue weighted by Gasteiger charge is -2.15. The Balaban J connectivity index is 1.24. The SMILES string of the molecule is CC(=O)CCOCCOCCC(=O)C[C@H](C)C(=O)NCCOCCOC(=O)CC[C@H](NC(=O)c1ccc(CCc2c[nH]c3nc(N)[nH]c(=O)c23)cc1)C(=O)O. The minimum absolute atomic E-state index is 0.0183. The van der Waals surface area contributed by atoms with Crippen molar-refractivity contribution in [1.29, 1.82) is 0 Å². The Hall–Kier alpha value is -5.46. The first-order chi connectivity index (χ1) is 26.3. The largest absolute Gasteiger partial charge is 0.480 e. The van der Waals surface area contributed by atoms with Gasteiger partial charge in [-0.2, -0.15) is 4.98 Å². The quantitative estimate of drug-likeness (QED) is 0.0471. The highest BCUT2D eigenvalue weighted by Gasteiger charge is 2.22. The van der Waals surface area contributed by atoms with Crippen LogP contribution in [-0.4, -0.2) is 114 Å². The second-order valence-electron chi connectivity index (χ2n) is 12.8. The van der Waals surface area contributed by atoms with Crippen LogP contribution in [0, 0.1) is 5.92 Å². The van der Waals surface area contributed by atoms with E-state index in [-0.39, 0.29) is 93.2 Å². The number of nitrogens with two attached hydrogens (primary N) is 1. The number of nitrogens with zero attached hydrogens (tertiary/aromatic N) is 1. The molecule has 1 aromatic carbocycles. The van der Waals surface area contributed by atoms with Crippen molar-refractivity contribution in [2.24, 2.45) is 5.92 Å². The van der Waals surface area contributed by atoms with Gasteiger partial charge in [0.05, 0.1) is 45.0 Å². The number of Topliss-reactive ketones (excluding diaryl/α,β-unsaturated/α-hetero) is 2. The summed E-state index contributed by atoms with van der Waals surface area (Å²) in [5, 5.41) is 15.1. The number of nitrogens with one attached hydrogen (secondary N) is 4. The van der Waals surface area contributed by atoms with E-state index in [0.29, 0.717) is 50.1 Å². The van der Waals surface area contributed by atoms with Crippen molar-refractivity contribution >= 4 is 52.3 Å². The van der Waals surface area contributed by atoms with Crippen molar-refractivity contribution in [3.05, 3.63) is 57.5 Å². The second kappa shape index (κ2) is 23.4. The number of ketones is 2. The number of amides is 2. The molecule has 0 unspecified atom stereocenters. The highest BCUT2D eigenvalue weighted by molar-refractivity contribution is 5.96. The lowest BCUT2D eigenvalue weighted by Crippen LogP contribution is -2.41. The molecule has 2 heterocycles. The van der Waals surface area contributed by atoms with E-state index in [1.165, 1.54) is 6.92 Å². The van der Waals surface area contributed by atoms with Crippen molar-refractivity contribution in [1.82, 2.24) is 25.6 Å². The number of carboxylic acid groups (broad SMARTS) is 1. The molecule has 55 heavy (non-hydrogen) atoms. The highest BCUT2D eigenvalue weighted by Crippen LogP contribution is 2.16. The van der Waals surface area contributed by atoms with Crippen molar-refractivity contribution < 1.29 is 52.8 Å². The molecule has 3 rings (SSSR count). The zero-order valence-electron chi connectivity index (χ0n) is 31.1. The summed E-state index contributed by atoms with van der Waals surface area (Å²) in [6, 6.07) is 5.27. The van der Waals surface area contributed by atoms with Crippen LogP contribution in [0.15, 0.2) is 35.3 Å². The van der Waals surface area contributed by atoms with Crippen LogP contribution >= 0.6 is 0 Å². The normalized spacial score (nSPS) is 12.2. The highest BCUT2D eigenvalue weighted by atomic mass is 16.6. The summed E-state index contributed by atoms with van der Waals surface area (Å²) < 4.78 is 21.0. The molecule has 0 aliphatic rings. The molecule has 0 aliphatic heterocycles. The Bertz CT molecular complexity index is 1810. The van der Waals surface area contributed by atoms with Crippen LogP contribution in [0.2, 0.25) is 0 Å². The van der Waals surface area contributed by atoms with Gasteiger partial charge in [-0.05, 0) is 49.4 Å². The maximum Gasteiger partial charge on any atom is 0.326 e. The van der Waals surface area contributed by atoms with Crippen LogP contribution in [-0.2, 0) is 55.8 Å². The molecule has 0 radical (unpaired) electrons. The zero-order chi connectivity index (χ0) is 40.2. The number of hydrogen-bond acceptors (Lipinski definition) is 13. The molecule has 2 aromatic heterocycles. The van der Waals surface area contributed by atoms with Gasteiger partial charge in [-0.15, -0.1) is 0 Å². The van der Waals surface area contributed by atoms with Gasteiger partial charge in [0.1, 0.15) is 29.9 Å². The molecule has 18 heteroatoms. The fourth-order valence-corrected chi connectivity index (χ4v) is 5.25. The number of fused-ring (bicyclic) bond motifs is 1. The maximum absolute atomic E-state index is 12.8. The summed E-state index contributed by atoms with van der Waals surface area (Å²) in [6.07, 6.45) is 2.91. The van der Waals surface area contributed by atoms with E-state index in [1.807, 2.05) is 0 Å². The van der Waals surface area contributed by atoms with Crippen LogP contribution < -0.4 is 21.9 Å². The number of aliphatic carboxylic acids is 1. The first-order valence-corrected chi connectivity index (χ1v) is 18.0. The standard InChI is InChI=1S/C37H50N6O12/c1-23(21-28(45)12-15-53-18-17-52-14-11-24(2)44)33(47)39-13-16-54-19-20-55-30(46)10-9-29(36(50)51)41-34(48)26-6-3-25(4-7-26)5-8-27-22-40-32-31(27)35(49)43-37(38)42-32/h3-4,6-7,22-23,29H,5,8-21H2,1-2H3,(H,39,47)(H,41,48)(H,50,51)(H4,38,40,42,43,49)/t23-,29-/m0/s1. The average Bonchev–Trinajstić information content (AvgIpc) is 3.55. The van der Waals surface area contributed by atoms with E-state index < -0.39 is 29.8 Å². The molecule has 2 amide bonds. The Kier molecular flexibility index (Phi) is 18.7. The van der Waals surface area contributed by atoms with Gasteiger partial charge in [-0.25, -0.2) is 4.79 Å². The van der Waals surface area contributed by atoms with Crippen LogP contribution in [0.4, 0.5) is 5.95 Å². The predicted octanol–water partition coefficient (Wildman–Crippen LogP) is 1.26. The monoisotopic (exact) mass is 770 g/mol. The van der Waals surface area contributed by atoms with Crippen LogP contribution in [0.1, 0.15) is 67.4 Å². The number of aromatic nitrogens is 3. The van der Waals surface area contributed by atoms with Crippen molar-refractivity contribution in [3.63, 3.8) is 0 Å². The number of ether oxygens (including phenoxy) is 4. The van der Waals surface area contributed by atoms with Gasteiger partial charge in [0, 0.05) is 49.9 Å². The number of carboxylic acids is 1. The number of H-pyrrole nitrogens is 2. The molecular weight excluding hydrogens is 720 g/mol. The fraction of sp³-hybridized carbons (Fsp3) is 0.514. The third-order valence-electron chi connectivity index (χ3n) is 8.30. The van der Waals surface area contributed by atoms with E-state index in [1.54, 1.807) is 37.4 Å². The predicted molar refractivity (Wildman–Crippen MR) is 198 cm³/mol. The molecule has 7 N–H and O–H groups in total. The summed E-state index contributed by atoms with van der Waals surface area (Å²) in [5.41, 5.74) is 7.54. The third-order valence-corrected chi connectivity index (χ3v) is 8.30. The molecule has 0 aliphatic carbocycles. The Morgan fingerprint density at radius 1 is 0.891 bits per heavy atom. The van der Waals surface area contributed by atoms with Gasteiger partial charge in [0.25, 0.3) is 11.5 Å². The number of rotatable bonds is 27. The Morgan fingerprint density at radius 3 is 2.25 bits per heavy atom. The topological polar surface area (TPSA) is 271 Å². The molecule has 0 fully saturated rings. The minimum Gasteiger partial charge on any atom is -0.480 e. The molecule has 0 saturated carbocycles. The summed E-state index contributed by atoms with van der Waals surface area (Å²) in [5.74, 6) is -3.47. The number of hydrogen-bond donors (Lipinski definition) is 6. The van der Waals surface area contributed by atoms with Gasteiger partial charge in [0.2, 0.25) is 11.9 Å². The molecule has 300 valence electrons. The molecule has 2 atom stereocenters. The lowest BCUT2D eigenvalue weighted by atomic mass is 10.0. The molecular formula is C37H50N6O12. The molecule has 0 saturated heterocycles. The van der Waals surface area contributed by atoms with Gasteiger partial charge in [-0.1, -0.05) is 19.1 Å². The van der Waals surface area contributed by atoms with Crippen molar-refractivity contribution in [2.45, 2.75) is 64.8 Å². The number of esters is 1. The zero-order valence-corrected chi connectivity index (χ0v) is 31.1. The number of aryl methyl sites for hydroxylation is 2. The number of aromatic amines is 2. The average molecular weight is 771 g/mol. The minimum atomic E-state index is -1.33. The van der Waals surface area contributed by atoms with Gasteiger partial charge in [-0.3, -0.25) is 33.8 Å². The summed E-state index contributed by atoms with van der Waals surface area (Å²) in [7, 11) is 0. The Labute approximate surface area is 317 Å². The summed E-state index contributed by atoms with van der Waals surface area (Å²) in [4.78, 5) is 93.8. The Morgan fingerprint density at radius 2 is 1.56 bits per heavy atom. The number of anilines is 1. The maximum atomic E-state index is 12.8. The first kappa shape index (κ1) is 43.9. The van der Waals surface area contributed by atoms with Gasteiger partial charge < -0.3 is 45.4 Å². The number of nitrogen functional groups attached to an aromatic ring is 1. The van der Waals surface area contributed by atoms with Crippen molar-refractivity contribution in [3.8, 4) is 0 Å². The van der Waals surface area contributed by atoms with E-state index in [0.717, 1.165) is 11.1 Å². The molecule has 0 bridgehead atoms. The van der Waals surface area contributed by atoms with E-state index in [4.69, 9.17) is 24.7 Å². The van der Waals surface area contributed by atoms with Gasteiger partial charge in [0.15, 0.2) is 0 Å². The van der Waals surface area contributed by atoms with E-state index >= 15 is 0 Å². The lowest BCUT2D eigenvalue weighted by molar-refractivity contribution is -0.146. The number of benzene rings is 1. The second-order valence-corrected chi connectivity index (χ2v) is 12.8. The molecule has 3 aromatic rings. The number of carbonyl (C=O) groups excluding carboxylic acids is 5. The molecule has 18 nitrogen and oxygen atoms in total. The van der Waals surface area contributed by atoms with E-state index in [2.05, 4.69) is 25.6 Å². The van der Waals surface area contributed by atoms with Crippen LogP contribution in [0.25, 0.3) is 11.0 Å².